The SMILES string of the molecule is NC(=O)c1cc2c(c(Br)c1O)CCCC2. The number of halogens is 1. The Bertz CT molecular complexity index is 429. The van der Waals surface area contributed by atoms with E-state index in [1.54, 1.807) is 6.07 Å². The average molecular weight is 270 g/mol. The number of primary amides is 1. The van der Waals surface area contributed by atoms with Crippen LogP contribution in [-0.2, 0) is 12.8 Å². The summed E-state index contributed by atoms with van der Waals surface area (Å²) < 4.78 is 0.633. The van der Waals surface area contributed by atoms with Crippen LogP contribution in [0.1, 0.15) is 34.3 Å². The number of rotatable bonds is 1. The Labute approximate surface area is 96.4 Å². The summed E-state index contributed by atoms with van der Waals surface area (Å²) in [6.45, 7) is 0. The summed E-state index contributed by atoms with van der Waals surface area (Å²) in [5, 5.41) is 9.78. The lowest BCUT2D eigenvalue weighted by Gasteiger charge is -2.19. The van der Waals surface area contributed by atoms with Gasteiger partial charge in [0.25, 0.3) is 5.91 Å². The number of hydrogen-bond donors (Lipinski definition) is 2. The van der Waals surface area contributed by atoms with Crippen LogP contribution in [0.3, 0.4) is 0 Å². The molecule has 0 aliphatic heterocycles. The number of aryl methyl sites for hydroxylation is 1. The van der Waals surface area contributed by atoms with E-state index < -0.39 is 5.91 Å². The van der Waals surface area contributed by atoms with E-state index in [9.17, 15) is 9.90 Å². The number of carbonyl (C=O) groups is 1. The van der Waals surface area contributed by atoms with Crippen molar-refractivity contribution in [3.05, 3.63) is 27.2 Å². The zero-order valence-electron chi connectivity index (χ0n) is 8.22. The molecule has 0 saturated heterocycles. The number of hydrogen-bond acceptors (Lipinski definition) is 2. The summed E-state index contributed by atoms with van der Waals surface area (Å²) in [6, 6.07) is 1.72. The molecule has 15 heavy (non-hydrogen) atoms. The van der Waals surface area contributed by atoms with Crippen LogP contribution in [0.5, 0.6) is 5.75 Å². The van der Waals surface area contributed by atoms with Crippen LogP contribution in [0.25, 0.3) is 0 Å². The highest BCUT2D eigenvalue weighted by Crippen LogP contribution is 2.37. The second-order valence-corrected chi connectivity index (χ2v) is 4.59. The summed E-state index contributed by atoms with van der Waals surface area (Å²) in [5.74, 6) is -0.607. The van der Waals surface area contributed by atoms with Crippen LogP contribution in [0.4, 0.5) is 0 Å². The highest BCUT2D eigenvalue weighted by atomic mass is 79.9. The topological polar surface area (TPSA) is 63.3 Å². The van der Waals surface area contributed by atoms with E-state index in [0.717, 1.165) is 36.8 Å². The van der Waals surface area contributed by atoms with Crippen molar-refractivity contribution in [1.29, 1.82) is 0 Å². The molecule has 0 atom stereocenters. The fraction of sp³-hybridized carbons (Fsp3) is 0.364. The first kappa shape index (κ1) is 10.5. The lowest BCUT2D eigenvalue weighted by molar-refractivity contribution is 0.0997. The number of nitrogens with two attached hydrogens (primary N) is 1. The second kappa shape index (κ2) is 3.85. The number of benzene rings is 1. The van der Waals surface area contributed by atoms with E-state index in [-0.39, 0.29) is 11.3 Å². The van der Waals surface area contributed by atoms with Crippen LogP contribution < -0.4 is 5.73 Å². The molecule has 2 rings (SSSR count). The first-order valence-corrected chi connectivity index (χ1v) is 5.73. The maximum absolute atomic E-state index is 11.1. The van der Waals surface area contributed by atoms with Crippen molar-refractivity contribution in [3.8, 4) is 5.75 Å². The number of phenols is 1. The third kappa shape index (κ3) is 1.74. The Kier molecular flexibility index (Phi) is 2.69. The molecule has 80 valence electrons. The van der Waals surface area contributed by atoms with Crippen LogP contribution in [0.15, 0.2) is 10.5 Å². The van der Waals surface area contributed by atoms with E-state index in [2.05, 4.69) is 15.9 Å². The van der Waals surface area contributed by atoms with Gasteiger partial charge in [0, 0.05) is 0 Å². The van der Waals surface area contributed by atoms with Gasteiger partial charge in [-0.3, -0.25) is 4.79 Å². The molecule has 4 heteroatoms. The Hall–Kier alpha value is -1.03. The highest BCUT2D eigenvalue weighted by molar-refractivity contribution is 9.10. The van der Waals surface area contributed by atoms with Gasteiger partial charge >= 0.3 is 0 Å². The van der Waals surface area contributed by atoms with E-state index in [4.69, 9.17) is 5.73 Å². The molecule has 3 nitrogen and oxygen atoms in total. The van der Waals surface area contributed by atoms with Gasteiger partial charge in [-0.25, -0.2) is 0 Å². The predicted octanol–water partition coefficient (Wildman–Crippen LogP) is 2.13. The molecule has 1 amide bonds. The van der Waals surface area contributed by atoms with Crippen molar-refractivity contribution in [1.82, 2.24) is 0 Å². The van der Waals surface area contributed by atoms with Gasteiger partial charge < -0.3 is 10.8 Å². The molecule has 0 aromatic heterocycles. The van der Waals surface area contributed by atoms with Crippen molar-refractivity contribution >= 4 is 21.8 Å². The van der Waals surface area contributed by atoms with Crippen LogP contribution >= 0.6 is 15.9 Å². The molecule has 0 heterocycles. The smallest absolute Gasteiger partial charge is 0.252 e. The second-order valence-electron chi connectivity index (χ2n) is 3.80. The van der Waals surface area contributed by atoms with Crippen LogP contribution in [0, 0.1) is 0 Å². The molecule has 3 N–H and O–H groups in total. The third-order valence-corrected chi connectivity index (χ3v) is 3.68. The van der Waals surface area contributed by atoms with Crippen molar-refractivity contribution in [3.63, 3.8) is 0 Å². The Morgan fingerprint density at radius 1 is 1.40 bits per heavy atom. The Morgan fingerprint density at radius 3 is 2.73 bits per heavy atom. The molecule has 0 unspecified atom stereocenters. The molecule has 1 aliphatic carbocycles. The maximum Gasteiger partial charge on any atom is 0.252 e. The number of aromatic hydroxyl groups is 1. The van der Waals surface area contributed by atoms with Crippen molar-refractivity contribution in [2.24, 2.45) is 5.73 Å². The summed E-state index contributed by atoms with van der Waals surface area (Å²) >= 11 is 3.33. The van der Waals surface area contributed by atoms with E-state index in [0.29, 0.717) is 4.47 Å². The van der Waals surface area contributed by atoms with Gasteiger partial charge in [0.1, 0.15) is 5.75 Å². The highest BCUT2D eigenvalue weighted by Gasteiger charge is 2.20. The quantitative estimate of drug-likeness (QED) is 0.821. The minimum absolute atomic E-state index is 0.0249. The summed E-state index contributed by atoms with van der Waals surface area (Å²) in [5.41, 5.74) is 7.65. The predicted molar refractivity (Wildman–Crippen MR) is 61.0 cm³/mol. The molecule has 0 saturated carbocycles. The normalized spacial score (nSPS) is 14.7. The van der Waals surface area contributed by atoms with Gasteiger partial charge in [0.2, 0.25) is 0 Å². The molecule has 0 radical (unpaired) electrons. The standard InChI is InChI=1S/C11H12BrNO2/c12-9-7-4-2-1-3-6(7)5-8(10(9)14)11(13)15/h5,14H,1-4H2,(H2,13,15). The zero-order valence-corrected chi connectivity index (χ0v) is 9.80. The molecule has 1 aliphatic rings. The average Bonchev–Trinajstić information content (AvgIpc) is 2.23. The van der Waals surface area contributed by atoms with Crippen molar-refractivity contribution in [2.75, 3.05) is 0 Å². The molecule has 1 aromatic rings. The monoisotopic (exact) mass is 269 g/mol. The van der Waals surface area contributed by atoms with Gasteiger partial charge in [0.05, 0.1) is 10.0 Å². The minimum atomic E-state index is -0.582. The van der Waals surface area contributed by atoms with E-state index in [1.165, 1.54) is 0 Å². The van der Waals surface area contributed by atoms with Crippen molar-refractivity contribution in [2.45, 2.75) is 25.7 Å². The Morgan fingerprint density at radius 2 is 2.07 bits per heavy atom. The minimum Gasteiger partial charge on any atom is -0.506 e. The zero-order chi connectivity index (χ0) is 11.0. The van der Waals surface area contributed by atoms with Crippen LogP contribution in [0.2, 0.25) is 0 Å². The first-order chi connectivity index (χ1) is 7.11. The lowest BCUT2D eigenvalue weighted by atomic mass is 9.90. The van der Waals surface area contributed by atoms with Gasteiger partial charge in [-0.05, 0) is 58.8 Å². The number of amides is 1. The molecular formula is C11H12BrNO2. The van der Waals surface area contributed by atoms with Gasteiger partial charge in [-0.2, -0.15) is 0 Å². The summed E-state index contributed by atoms with van der Waals surface area (Å²) in [7, 11) is 0. The largest absolute Gasteiger partial charge is 0.506 e. The van der Waals surface area contributed by atoms with Gasteiger partial charge in [-0.1, -0.05) is 0 Å². The Balaban J connectivity index is 2.63. The van der Waals surface area contributed by atoms with E-state index in [1.807, 2.05) is 0 Å². The third-order valence-electron chi connectivity index (χ3n) is 2.82. The maximum atomic E-state index is 11.1. The van der Waals surface area contributed by atoms with Gasteiger partial charge in [0.15, 0.2) is 0 Å². The summed E-state index contributed by atoms with van der Waals surface area (Å²) in [6.07, 6.45) is 4.15. The van der Waals surface area contributed by atoms with Gasteiger partial charge in [-0.15, -0.1) is 0 Å². The van der Waals surface area contributed by atoms with E-state index >= 15 is 0 Å². The fourth-order valence-corrected chi connectivity index (χ4v) is 2.70. The number of fused-ring (bicyclic) bond motifs is 1. The molecule has 1 aromatic carbocycles. The number of carbonyl (C=O) groups excluding carboxylic acids is 1. The molecule has 0 fully saturated rings. The first-order valence-electron chi connectivity index (χ1n) is 4.94. The molecule has 0 spiro atoms. The fourth-order valence-electron chi connectivity index (χ4n) is 2.03. The lowest BCUT2D eigenvalue weighted by Crippen LogP contribution is -2.14. The summed E-state index contributed by atoms with van der Waals surface area (Å²) in [4.78, 5) is 11.1. The molecule has 0 bridgehead atoms. The van der Waals surface area contributed by atoms with Crippen molar-refractivity contribution < 1.29 is 9.90 Å². The molecular weight excluding hydrogens is 258 g/mol. The van der Waals surface area contributed by atoms with Crippen LogP contribution in [-0.4, -0.2) is 11.0 Å².